The quantitative estimate of drug-likeness (QED) is 0.454. The third-order valence-electron chi connectivity index (χ3n) is 5.73. The van der Waals surface area contributed by atoms with E-state index in [-0.39, 0.29) is 23.9 Å². The molecule has 33 heavy (non-hydrogen) atoms. The summed E-state index contributed by atoms with van der Waals surface area (Å²) in [6, 6.07) is 4.59. The molecule has 2 aliphatic heterocycles. The van der Waals surface area contributed by atoms with E-state index in [1.165, 1.54) is 31.4 Å². The van der Waals surface area contributed by atoms with Gasteiger partial charge in [-0.3, -0.25) is 0 Å². The molecule has 2 amide bonds. The van der Waals surface area contributed by atoms with Gasteiger partial charge in [-0.2, -0.15) is 0 Å². The van der Waals surface area contributed by atoms with Crippen LogP contribution < -0.4 is 10.1 Å². The highest BCUT2D eigenvalue weighted by Crippen LogP contribution is 2.43. The lowest BCUT2D eigenvalue weighted by Crippen LogP contribution is -2.51. The predicted molar refractivity (Wildman–Crippen MR) is 114 cm³/mol. The van der Waals surface area contributed by atoms with Crippen LogP contribution in [0.3, 0.4) is 0 Å². The van der Waals surface area contributed by atoms with Crippen molar-refractivity contribution in [3.05, 3.63) is 35.4 Å². The number of halogens is 3. The number of hydrogen-bond donors (Lipinski definition) is 1. The Morgan fingerprint density at radius 2 is 1.88 bits per heavy atom. The number of nitrogens with one attached hydrogen (secondary N) is 1. The maximum Gasteiger partial charge on any atom is 0.573 e. The smallest absolute Gasteiger partial charge is 0.466 e. The van der Waals surface area contributed by atoms with Crippen molar-refractivity contribution in [1.82, 2.24) is 10.2 Å². The summed E-state index contributed by atoms with van der Waals surface area (Å²) in [4.78, 5) is 27.3. The first-order valence-corrected chi connectivity index (χ1v) is 11.0. The van der Waals surface area contributed by atoms with Crippen molar-refractivity contribution in [2.24, 2.45) is 0 Å². The number of amides is 2. The van der Waals surface area contributed by atoms with Crippen LogP contribution >= 0.6 is 0 Å². The monoisotopic (exact) mass is 470 g/mol. The Morgan fingerprint density at radius 3 is 2.48 bits per heavy atom. The SMILES string of the molecule is COC(=O)C1=C(c2ccc(OC(F)(F)F)cc2)C[C@@H]2CC[C@H]1N2C(=O)NCCCOC(C)C. The van der Waals surface area contributed by atoms with E-state index < -0.39 is 18.4 Å². The highest BCUT2D eigenvalue weighted by molar-refractivity contribution is 6.01. The summed E-state index contributed by atoms with van der Waals surface area (Å²) in [5.41, 5.74) is 1.66. The van der Waals surface area contributed by atoms with Crippen LogP contribution in [-0.4, -0.2) is 61.7 Å². The predicted octanol–water partition coefficient (Wildman–Crippen LogP) is 4.27. The first-order chi connectivity index (χ1) is 15.6. The molecular formula is C23H29F3N2O5. The molecule has 0 radical (unpaired) electrons. The van der Waals surface area contributed by atoms with Crippen molar-refractivity contribution in [2.75, 3.05) is 20.3 Å². The molecule has 7 nitrogen and oxygen atoms in total. The average molecular weight is 470 g/mol. The minimum Gasteiger partial charge on any atom is -0.466 e. The number of urea groups is 1. The zero-order valence-corrected chi connectivity index (χ0v) is 18.9. The largest absolute Gasteiger partial charge is 0.573 e. The van der Waals surface area contributed by atoms with Crippen molar-refractivity contribution in [2.45, 2.75) is 64.1 Å². The number of ether oxygens (including phenoxy) is 3. The first kappa shape index (κ1) is 24.9. The molecule has 2 aliphatic rings. The molecular weight excluding hydrogens is 441 g/mol. The lowest BCUT2D eigenvalue weighted by Gasteiger charge is -2.37. The van der Waals surface area contributed by atoms with E-state index in [0.717, 1.165) is 0 Å². The van der Waals surface area contributed by atoms with Crippen molar-refractivity contribution < 1.29 is 37.0 Å². The van der Waals surface area contributed by atoms with Gasteiger partial charge in [0.2, 0.25) is 0 Å². The molecule has 0 aliphatic carbocycles. The Hall–Kier alpha value is -2.75. The second-order valence-corrected chi connectivity index (χ2v) is 8.32. The van der Waals surface area contributed by atoms with Gasteiger partial charge in [0.05, 0.1) is 24.8 Å². The molecule has 2 bridgehead atoms. The number of carbonyl (C=O) groups is 2. The molecule has 182 valence electrons. The van der Waals surface area contributed by atoms with Crippen LogP contribution in [-0.2, 0) is 14.3 Å². The standard InChI is InChI=1S/C23H29F3N2O5/c1-14(2)32-12-4-11-27-22(30)28-16-7-10-19(28)20(21(29)31-3)18(13-16)15-5-8-17(9-6-15)33-23(24,25)26/h5-6,8-9,14,16,19H,4,7,10-13H2,1-3H3,(H,27,30)/t16-,19+/m0/s1. The van der Waals surface area contributed by atoms with Crippen LogP contribution in [0.4, 0.5) is 18.0 Å². The molecule has 2 heterocycles. The van der Waals surface area contributed by atoms with Gasteiger partial charge in [0, 0.05) is 19.2 Å². The molecule has 0 saturated carbocycles. The van der Waals surface area contributed by atoms with E-state index in [9.17, 15) is 22.8 Å². The van der Waals surface area contributed by atoms with Gasteiger partial charge in [0.1, 0.15) is 5.75 Å². The normalized spacial score (nSPS) is 20.3. The molecule has 0 spiro atoms. The van der Waals surface area contributed by atoms with E-state index in [4.69, 9.17) is 9.47 Å². The summed E-state index contributed by atoms with van der Waals surface area (Å²) in [5, 5.41) is 2.90. The van der Waals surface area contributed by atoms with Gasteiger partial charge >= 0.3 is 18.4 Å². The van der Waals surface area contributed by atoms with E-state index in [1.54, 1.807) is 4.90 Å². The number of nitrogens with zero attached hydrogens (tertiary/aromatic N) is 1. The summed E-state index contributed by atoms with van der Waals surface area (Å²) in [7, 11) is 1.27. The van der Waals surface area contributed by atoms with Crippen molar-refractivity contribution in [1.29, 1.82) is 0 Å². The summed E-state index contributed by atoms with van der Waals surface area (Å²) in [6.07, 6.45) is -2.25. The van der Waals surface area contributed by atoms with Gasteiger partial charge in [0.15, 0.2) is 0 Å². The van der Waals surface area contributed by atoms with Crippen LogP contribution in [0.2, 0.25) is 0 Å². The second-order valence-electron chi connectivity index (χ2n) is 8.32. The zero-order valence-electron chi connectivity index (χ0n) is 18.9. The number of rotatable bonds is 8. The lowest BCUT2D eigenvalue weighted by atomic mass is 9.88. The number of benzene rings is 1. The topological polar surface area (TPSA) is 77.1 Å². The van der Waals surface area contributed by atoms with Crippen molar-refractivity contribution in [3.8, 4) is 5.75 Å². The van der Waals surface area contributed by atoms with E-state index in [2.05, 4.69) is 10.1 Å². The van der Waals surface area contributed by atoms with E-state index in [0.29, 0.717) is 55.5 Å². The number of methoxy groups -OCH3 is 1. The van der Waals surface area contributed by atoms with Crippen LogP contribution in [0.25, 0.3) is 5.57 Å². The Balaban J connectivity index is 1.78. The number of hydrogen-bond acceptors (Lipinski definition) is 5. The van der Waals surface area contributed by atoms with Gasteiger partial charge in [-0.25, -0.2) is 9.59 Å². The molecule has 1 saturated heterocycles. The third kappa shape index (κ3) is 6.19. The van der Waals surface area contributed by atoms with Gasteiger partial charge < -0.3 is 24.4 Å². The molecule has 1 fully saturated rings. The van der Waals surface area contributed by atoms with Crippen LogP contribution in [0.1, 0.15) is 45.1 Å². The zero-order chi connectivity index (χ0) is 24.2. The summed E-state index contributed by atoms with van der Waals surface area (Å²) < 4.78 is 51.8. The second kappa shape index (κ2) is 10.5. The molecule has 3 rings (SSSR count). The fraction of sp³-hybridized carbons (Fsp3) is 0.565. The molecule has 1 aromatic rings. The van der Waals surface area contributed by atoms with Gasteiger partial charge in [-0.05, 0) is 62.8 Å². The molecule has 1 aromatic carbocycles. The molecule has 10 heteroatoms. The fourth-order valence-electron chi connectivity index (χ4n) is 4.40. The number of esters is 1. The van der Waals surface area contributed by atoms with Gasteiger partial charge in [0.25, 0.3) is 0 Å². The highest BCUT2D eigenvalue weighted by Gasteiger charge is 2.46. The van der Waals surface area contributed by atoms with Gasteiger partial charge in [-0.15, -0.1) is 13.2 Å². The molecule has 1 N–H and O–H groups in total. The van der Waals surface area contributed by atoms with E-state index in [1.807, 2.05) is 13.8 Å². The first-order valence-electron chi connectivity index (χ1n) is 11.0. The summed E-state index contributed by atoms with van der Waals surface area (Å²) in [6.45, 7) is 4.88. The minimum atomic E-state index is -4.78. The van der Waals surface area contributed by atoms with E-state index >= 15 is 0 Å². The summed E-state index contributed by atoms with van der Waals surface area (Å²) >= 11 is 0. The van der Waals surface area contributed by atoms with Crippen molar-refractivity contribution >= 4 is 17.6 Å². The van der Waals surface area contributed by atoms with Crippen LogP contribution in [0.15, 0.2) is 29.8 Å². The average Bonchev–Trinajstić information content (AvgIpc) is 3.05. The third-order valence-corrected chi connectivity index (χ3v) is 5.73. The van der Waals surface area contributed by atoms with Crippen LogP contribution in [0, 0.1) is 0 Å². The molecule has 2 atom stereocenters. The van der Waals surface area contributed by atoms with Gasteiger partial charge in [-0.1, -0.05) is 12.1 Å². The highest BCUT2D eigenvalue weighted by atomic mass is 19.4. The molecule has 0 unspecified atom stereocenters. The fourth-order valence-corrected chi connectivity index (χ4v) is 4.40. The van der Waals surface area contributed by atoms with Crippen molar-refractivity contribution in [3.63, 3.8) is 0 Å². The van der Waals surface area contributed by atoms with Crippen LogP contribution in [0.5, 0.6) is 5.75 Å². The molecule has 0 aromatic heterocycles. The summed E-state index contributed by atoms with van der Waals surface area (Å²) in [5.74, 6) is -0.887. The lowest BCUT2D eigenvalue weighted by molar-refractivity contribution is -0.274. The number of alkyl halides is 3. The number of fused-ring (bicyclic) bond motifs is 2. The number of carbonyl (C=O) groups excluding carboxylic acids is 2. The Labute approximate surface area is 190 Å². The Morgan fingerprint density at radius 1 is 1.18 bits per heavy atom. The Bertz CT molecular complexity index is 883. The maximum atomic E-state index is 12.9. The Kier molecular flexibility index (Phi) is 7.88. The minimum absolute atomic E-state index is 0.114. The maximum absolute atomic E-state index is 12.9.